The monoisotopic (exact) mass is 171 g/mol. The molecule has 0 amide bonds. The van der Waals surface area contributed by atoms with Gasteiger partial charge in [-0.05, 0) is 24.8 Å². The van der Waals surface area contributed by atoms with Gasteiger partial charge in [-0.25, -0.2) is 0 Å². The average molecular weight is 171 g/mol. The fraction of sp³-hybridized carbons (Fsp3) is 0.273. The van der Waals surface area contributed by atoms with E-state index in [1.165, 1.54) is 0 Å². The van der Waals surface area contributed by atoms with Crippen LogP contribution in [0.1, 0.15) is 19.3 Å². The highest BCUT2D eigenvalue weighted by molar-refractivity contribution is 6.14. The van der Waals surface area contributed by atoms with E-state index in [4.69, 9.17) is 5.26 Å². The van der Waals surface area contributed by atoms with Crippen molar-refractivity contribution in [3.8, 4) is 6.07 Å². The molecule has 0 fully saturated rings. The van der Waals surface area contributed by atoms with E-state index in [2.05, 4.69) is 6.08 Å². The van der Waals surface area contributed by atoms with Gasteiger partial charge in [-0.15, -0.1) is 0 Å². The average Bonchev–Trinajstić information content (AvgIpc) is 2.19. The summed E-state index contributed by atoms with van der Waals surface area (Å²) in [4.78, 5) is 11.6. The van der Waals surface area contributed by atoms with Gasteiger partial charge < -0.3 is 0 Å². The molecule has 2 heteroatoms. The number of rotatable bonds is 0. The predicted octanol–water partition coefficient (Wildman–Crippen LogP) is 2.06. The highest BCUT2D eigenvalue weighted by Crippen LogP contribution is 2.29. The molecule has 0 saturated carbocycles. The number of hydrogen-bond donors (Lipinski definition) is 0. The SMILES string of the molecule is N#CC1=CCC2=CCCC=C2C1=O. The molecule has 0 atom stereocenters. The smallest absolute Gasteiger partial charge is 0.203 e. The van der Waals surface area contributed by atoms with E-state index in [1.54, 1.807) is 6.08 Å². The second-order valence-electron chi connectivity index (χ2n) is 3.19. The Morgan fingerprint density at radius 1 is 1.23 bits per heavy atom. The molecule has 2 rings (SSSR count). The molecule has 0 spiro atoms. The van der Waals surface area contributed by atoms with Crippen molar-refractivity contribution in [3.05, 3.63) is 34.9 Å². The van der Waals surface area contributed by atoms with Gasteiger partial charge in [0.05, 0.1) is 5.57 Å². The Kier molecular flexibility index (Phi) is 1.86. The topological polar surface area (TPSA) is 40.9 Å². The standard InChI is InChI=1S/C11H9NO/c12-7-9-6-5-8-3-1-2-4-10(8)11(9)13/h3-4,6H,1-2,5H2. The Hall–Kier alpha value is -1.62. The number of carbonyl (C=O) groups is 1. The summed E-state index contributed by atoms with van der Waals surface area (Å²) in [5.41, 5.74) is 2.14. The summed E-state index contributed by atoms with van der Waals surface area (Å²) in [6.07, 6.45) is 8.43. The first-order valence-corrected chi connectivity index (χ1v) is 4.37. The molecule has 0 aromatic carbocycles. The number of allylic oxidation sites excluding steroid dienone is 6. The highest BCUT2D eigenvalue weighted by Gasteiger charge is 2.23. The maximum absolute atomic E-state index is 11.6. The van der Waals surface area contributed by atoms with E-state index in [0.717, 1.165) is 30.4 Å². The summed E-state index contributed by atoms with van der Waals surface area (Å²) in [5, 5.41) is 8.67. The molecular formula is C11H9NO. The lowest BCUT2D eigenvalue weighted by Gasteiger charge is -2.17. The van der Waals surface area contributed by atoms with E-state index in [9.17, 15) is 4.79 Å². The van der Waals surface area contributed by atoms with E-state index < -0.39 is 0 Å². The van der Waals surface area contributed by atoms with Crippen molar-refractivity contribution >= 4 is 5.78 Å². The molecule has 0 bridgehead atoms. The van der Waals surface area contributed by atoms with Gasteiger partial charge in [0.15, 0.2) is 0 Å². The first-order chi connectivity index (χ1) is 6.33. The number of fused-ring (bicyclic) bond motifs is 1. The molecule has 2 nitrogen and oxygen atoms in total. The van der Waals surface area contributed by atoms with Gasteiger partial charge >= 0.3 is 0 Å². The lowest BCUT2D eigenvalue weighted by Crippen LogP contribution is -2.13. The van der Waals surface area contributed by atoms with Gasteiger partial charge in [-0.2, -0.15) is 5.26 Å². The third kappa shape index (κ3) is 1.23. The van der Waals surface area contributed by atoms with Crippen LogP contribution in [-0.2, 0) is 4.79 Å². The van der Waals surface area contributed by atoms with E-state index >= 15 is 0 Å². The first-order valence-electron chi connectivity index (χ1n) is 4.37. The van der Waals surface area contributed by atoms with E-state index in [-0.39, 0.29) is 5.78 Å². The zero-order valence-corrected chi connectivity index (χ0v) is 7.21. The minimum atomic E-state index is -0.0975. The Bertz CT molecular complexity index is 391. The normalized spacial score (nSPS) is 20.8. The Balaban J connectivity index is 2.45. The number of carbonyl (C=O) groups excluding carboxylic acids is 1. The molecule has 13 heavy (non-hydrogen) atoms. The highest BCUT2D eigenvalue weighted by atomic mass is 16.1. The van der Waals surface area contributed by atoms with Gasteiger partial charge in [0.1, 0.15) is 6.07 Å². The largest absolute Gasteiger partial charge is 0.288 e. The van der Waals surface area contributed by atoms with Crippen molar-refractivity contribution in [2.45, 2.75) is 19.3 Å². The molecule has 2 aliphatic carbocycles. The van der Waals surface area contributed by atoms with Gasteiger partial charge in [-0.1, -0.05) is 18.2 Å². The lowest BCUT2D eigenvalue weighted by molar-refractivity contribution is -0.111. The van der Waals surface area contributed by atoms with Crippen LogP contribution in [0.25, 0.3) is 0 Å². The molecule has 0 aliphatic heterocycles. The van der Waals surface area contributed by atoms with Crippen LogP contribution in [-0.4, -0.2) is 5.78 Å². The summed E-state index contributed by atoms with van der Waals surface area (Å²) >= 11 is 0. The van der Waals surface area contributed by atoms with Crippen LogP contribution < -0.4 is 0 Å². The van der Waals surface area contributed by atoms with Crippen LogP contribution in [0.15, 0.2) is 34.9 Å². The number of hydrogen-bond acceptors (Lipinski definition) is 2. The van der Waals surface area contributed by atoms with Crippen molar-refractivity contribution < 1.29 is 4.79 Å². The van der Waals surface area contributed by atoms with Crippen LogP contribution in [0.2, 0.25) is 0 Å². The molecule has 0 saturated heterocycles. The molecule has 0 aromatic heterocycles. The molecule has 0 N–H and O–H groups in total. The quantitative estimate of drug-likeness (QED) is 0.559. The lowest BCUT2D eigenvalue weighted by atomic mass is 9.85. The number of Topliss-reactive ketones (excluding diaryl/α,β-unsaturated/α-hetero) is 1. The summed E-state index contributed by atoms with van der Waals surface area (Å²) in [6, 6.07) is 1.93. The molecule has 0 unspecified atom stereocenters. The predicted molar refractivity (Wildman–Crippen MR) is 48.7 cm³/mol. The molecule has 0 aromatic rings. The van der Waals surface area contributed by atoms with E-state index in [0.29, 0.717) is 5.57 Å². The zero-order chi connectivity index (χ0) is 9.26. The number of nitrogens with zero attached hydrogens (tertiary/aromatic N) is 1. The van der Waals surface area contributed by atoms with Crippen LogP contribution in [0, 0.1) is 11.3 Å². The first kappa shape index (κ1) is 8.00. The van der Waals surface area contributed by atoms with Crippen LogP contribution in [0.4, 0.5) is 0 Å². The summed E-state index contributed by atoms with van der Waals surface area (Å²) in [5.74, 6) is -0.0975. The second-order valence-corrected chi connectivity index (χ2v) is 3.19. The number of nitriles is 1. The van der Waals surface area contributed by atoms with Crippen LogP contribution in [0.3, 0.4) is 0 Å². The third-order valence-electron chi connectivity index (χ3n) is 2.39. The fourth-order valence-electron chi connectivity index (χ4n) is 1.70. The number of ketones is 1. The second kappa shape index (κ2) is 3.02. The minimum Gasteiger partial charge on any atom is -0.288 e. The third-order valence-corrected chi connectivity index (χ3v) is 2.39. The maximum Gasteiger partial charge on any atom is 0.203 e. The fourth-order valence-corrected chi connectivity index (χ4v) is 1.70. The van der Waals surface area contributed by atoms with Crippen molar-refractivity contribution in [1.29, 1.82) is 5.26 Å². The molecule has 0 radical (unpaired) electrons. The molecule has 0 heterocycles. The van der Waals surface area contributed by atoms with E-state index in [1.807, 2.05) is 12.1 Å². The maximum atomic E-state index is 11.6. The molecule has 64 valence electrons. The van der Waals surface area contributed by atoms with Gasteiger partial charge in [0.2, 0.25) is 5.78 Å². The van der Waals surface area contributed by atoms with Crippen LogP contribution in [0.5, 0.6) is 0 Å². The van der Waals surface area contributed by atoms with Crippen LogP contribution >= 0.6 is 0 Å². The molecule has 2 aliphatic rings. The van der Waals surface area contributed by atoms with Gasteiger partial charge in [-0.3, -0.25) is 4.79 Å². The Morgan fingerprint density at radius 2 is 2.00 bits per heavy atom. The summed E-state index contributed by atoms with van der Waals surface area (Å²) in [7, 11) is 0. The summed E-state index contributed by atoms with van der Waals surface area (Å²) in [6.45, 7) is 0. The zero-order valence-electron chi connectivity index (χ0n) is 7.21. The van der Waals surface area contributed by atoms with Crippen molar-refractivity contribution in [2.75, 3.05) is 0 Å². The van der Waals surface area contributed by atoms with Gasteiger partial charge in [0.25, 0.3) is 0 Å². The van der Waals surface area contributed by atoms with Crippen molar-refractivity contribution in [3.63, 3.8) is 0 Å². The Morgan fingerprint density at radius 3 is 2.77 bits per heavy atom. The summed E-state index contributed by atoms with van der Waals surface area (Å²) < 4.78 is 0. The van der Waals surface area contributed by atoms with Crippen molar-refractivity contribution in [2.24, 2.45) is 0 Å². The Labute approximate surface area is 76.9 Å². The van der Waals surface area contributed by atoms with Crippen molar-refractivity contribution in [1.82, 2.24) is 0 Å². The molecular weight excluding hydrogens is 162 g/mol. The minimum absolute atomic E-state index is 0.0975. The van der Waals surface area contributed by atoms with Gasteiger partial charge in [0, 0.05) is 5.57 Å².